The number of ether oxygens (including phenoxy) is 2. The highest BCUT2D eigenvalue weighted by atomic mass is 16.7. The molecule has 170 valence electrons. The lowest BCUT2D eigenvalue weighted by atomic mass is 9.44. The molecule has 4 fully saturated rings. The second-order valence-corrected chi connectivity index (χ2v) is 10.7. The Labute approximate surface area is 183 Å². The highest BCUT2D eigenvalue weighted by Gasteiger charge is 2.67. The Balaban J connectivity index is 1.56. The van der Waals surface area contributed by atoms with Gasteiger partial charge in [-0.05, 0) is 80.6 Å². The summed E-state index contributed by atoms with van der Waals surface area (Å²) in [6, 6.07) is 0. The van der Waals surface area contributed by atoms with E-state index in [4.69, 9.17) is 9.47 Å². The first-order valence-corrected chi connectivity index (χ1v) is 11.9. The van der Waals surface area contributed by atoms with Gasteiger partial charge in [-0.3, -0.25) is 9.59 Å². The van der Waals surface area contributed by atoms with Crippen LogP contribution < -0.4 is 0 Å². The summed E-state index contributed by atoms with van der Waals surface area (Å²) >= 11 is 0. The molecule has 1 heterocycles. The van der Waals surface area contributed by atoms with Gasteiger partial charge in [0.05, 0.1) is 5.41 Å². The van der Waals surface area contributed by atoms with E-state index in [1.54, 1.807) is 0 Å². The van der Waals surface area contributed by atoms with E-state index in [1.165, 1.54) is 0 Å². The minimum atomic E-state index is -0.653. The van der Waals surface area contributed by atoms with Gasteiger partial charge in [0.1, 0.15) is 12.4 Å². The van der Waals surface area contributed by atoms with Crippen LogP contribution >= 0.6 is 0 Å². The normalized spacial score (nSPS) is 43.6. The molecule has 0 spiro atoms. The highest BCUT2D eigenvalue weighted by molar-refractivity contribution is 6.08. The predicted octanol–water partition coefficient (Wildman–Crippen LogP) is 4.19. The summed E-state index contributed by atoms with van der Waals surface area (Å²) in [4.78, 5) is 25.8. The lowest BCUT2D eigenvalue weighted by Crippen LogP contribution is -2.56. The molecule has 2 N–H and O–H groups in total. The van der Waals surface area contributed by atoms with Gasteiger partial charge >= 0.3 is 0 Å². The monoisotopic (exact) mass is 430 g/mol. The maximum atomic E-state index is 13.1. The van der Waals surface area contributed by atoms with E-state index in [0.717, 1.165) is 56.9 Å². The number of aliphatic hydroxyl groups is 2. The molecule has 5 aliphatic rings. The Morgan fingerprint density at radius 1 is 1.10 bits per heavy atom. The van der Waals surface area contributed by atoms with Gasteiger partial charge in [-0.2, -0.15) is 0 Å². The summed E-state index contributed by atoms with van der Waals surface area (Å²) < 4.78 is 11.1. The molecule has 6 nitrogen and oxygen atoms in total. The third kappa shape index (κ3) is 2.37. The van der Waals surface area contributed by atoms with Gasteiger partial charge in [0.15, 0.2) is 11.5 Å². The van der Waals surface area contributed by atoms with Gasteiger partial charge in [0.25, 0.3) is 5.78 Å². The quantitative estimate of drug-likeness (QED) is 0.695. The molecule has 5 rings (SSSR count). The molecule has 4 aliphatic carbocycles. The summed E-state index contributed by atoms with van der Waals surface area (Å²) in [6.07, 6.45) is 7.00. The fourth-order valence-electron chi connectivity index (χ4n) is 8.61. The summed E-state index contributed by atoms with van der Waals surface area (Å²) in [5.74, 6) is 1.10. The lowest BCUT2D eigenvalue weighted by molar-refractivity contribution is -0.148. The van der Waals surface area contributed by atoms with E-state index in [1.807, 2.05) is 0 Å². The summed E-state index contributed by atoms with van der Waals surface area (Å²) in [6.45, 7) is 6.04. The molecule has 6 atom stereocenters. The van der Waals surface area contributed by atoms with E-state index in [2.05, 4.69) is 20.8 Å². The Hall–Kier alpha value is -1.82. The van der Waals surface area contributed by atoms with Gasteiger partial charge in [0.2, 0.25) is 12.6 Å². The first-order chi connectivity index (χ1) is 14.8. The van der Waals surface area contributed by atoms with Crippen molar-refractivity contribution in [2.45, 2.75) is 72.1 Å². The fraction of sp³-hybridized carbons (Fsp3) is 0.760. The standard InChI is InChI=1S/C25H34O6/c1-4-9-25(18(27)12-26)11-8-15-14-5-6-17-20-19(28)21(31-13-30-20)22(29)24(17,3)16(14)7-10-23(15,25)2/h14-16,26,29H,4-13H2,1-3H3/t14-,15-,16-,23-,24+,25+/m0/s1. The van der Waals surface area contributed by atoms with E-state index in [9.17, 15) is 19.8 Å². The van der Waals surface area contributed by atoms with Crippen LogP contribution in [0.5, 0.6) is 0 Å². The molecular formula is C25H34O6. The van der Waals surface area contributed by atoms with Crippen molar-refractivity contribution in [3.05, 3.63) is 22.9 Å². The van der Waals surface area contributed by atoms with E-state index in [-0.39, 0.29) is 47.8 Å². The maximum Gasteiger partial charge on any atom is 0.265 e. The van der Waals surface area contributed by atoms with Crippen LogP contribution in [0.2, 0.25) is 0 Å². The van der Waals surface area contributed by atoms with Crippen molar-refractivity contribution >= 4 is 11.6 Å². The van der Waals surface area contributed by atoms with E-state index in [0.29, 0.717) is 17.6 Å². The Morgan fingerprint density at radius 3 is 2.52 bits per heavy atom. The summed E-state index contributed by atoms with van der Waals surface area (Å²) in [7, 11) is 0. The Morgan fingerprint density at radius 2 is 1.81 bits per heavy atom. The Bertz CT molecular complexity index is 902. The van der Waals surface area contributed by atoms with E-state index >= 15 is 0 Å². The van der Waals surface area contributed by atoms with Gasteiger partial charge in [-0.1, -0.05) is 20.3 Å². The molecule has 0 unspecified atom stereocenters. The van der Waals surface area contributed by atoms with Crippen LogP contribution in [0.4, 0.5) is 0 Å². The zero-order valence-electron chi connectivity index (χ0n) is 18.8. The van der Waals surface area contributed by atoms with Crippen LogP contribution in [0, 0.1) is 34.0 Å². The zero-order chi connectivity index (χ0) is 22.2. The van der Waals surface area contributed by atoms with Gasteiger partial charge < -0.3 is 19.7 Å². The number of fused-ring (bicyclic) bond motifs is 7. The first-order valence-electron chi connectivity index (χ1n) is 11.9. The lowest BCUT2D eigenvalue weighted by Gasteiger charge is -2.59. The third-order valence-electron chi connectivity index (χ3n) is 10.1. The number of Topliss-reactive ketones (excluding diaryl/α,β-unsaturated/α-hetero) is 2. The molecule has 0 amide bonds. The van der Waals surface area contributed by atoms with Crippen molar-refractivity contribution in [2.24, 2.45) is 34.0 Å². The second-order valence-electron chi connectivity index (χ2n) is 10.7. The van der Waals surface area contributed by atoms with Crippen molar-refractivity contribution in [1.82, 2.24) is 0 Å². The number of hydrogen-bond donors (Lipinski definition) is 2. The topological polar surface area (TPSA) is 93.1 Å². The minimum absolute atomic E-state index is 0.00666. The molecule has 0 aromatic heterocycles. The number of allylic oxidation sites excluding steroid dienone is 1. The molecule has 0 aromatic carbocycles. The molecule has 6 heteroatoms. The van der Waals surface area contributed by atoms with Crippen LogP contribution in [0.1, 0.15) is 72.1 Å². The van der Waals surface area contributed by atoms with Crippen molar-refractivity contribution < 1.29 is 29.3 Å². The second kappa shape index (κ2) is 6.84. The molecule has 2 bridgehead atoms. The van der Waals surface area contributed by atoms with Crippen LogP contribution in [0.25, 0.3) is 0 Å². The molecule has 1 saturated heterocycles. The summed E-state index contributed by atoms with van der Waals surface area (Å²) in [5.41, 5.74) is -0.310. The SMILES string of the molecule is CCC[C@]1(C(=O)CO)CC[C@H]2[C@@H]3CCC4=C5OCOC(=C(O)[C@]4(C)[C@H]3CC[C@@]21C)C5=O. The fourth-order valence-corrected chi connectivity index (χ4v) is 8.61. The zero-order valence-corrected chi connectivity index (χ0v) is 18.8. The van der Waals surface area contributed by atoms with Crippen molar-refractivity contribution in [1.29, 1.82) is 0 Å². The number of aliphatic hydroxyl groups excluding tert-OH is 2. The van der Waals surface area contributed by atoms with Gasteiger partial charge in [-0.15, -0.1) is 0 Å². The molecule has 0 aromatic rings. The predicted molar refractivity (Wildman–Crippen MR) is 113 cm³/mol. The number of carbonyl (C=O) groups is 2. The van der Waals surface area contributed by atoms with Crippen molar-refractivity contribution in [3.8, 4) is 0 Å². The first kappa shape index (κ1) is 21.0. The molecule has 0 radical (unpaired) electrons. The molecule has 31 heavy (non-hydrogen) atoms. The molecule has 3 saturated carbocycles. The van der Waals surface area contributed by atoms with Crippen LogP contribution in [-0.4, -0.2) is 35.2 Å². The van der Waals surface area contributed by atoms with Crippen LogP contribution in [0.15, 0.2) is 22.9 Å². The number of carbonyl (C=O) groups excluding carboxylic acids is 2. The number of ketones is 2. The smallest absolute Gasteiger partial charge is 0.265 e. The average Bonchev–Trinajstić information content (AvgIpc) is 3.06. The van der Waals surface area contributed by atoms with Crippen molar-refractivity contribution in [3.63, 3.8) is 0 Å². The van der Waals surface area contributed by atoms with Gasteiger partial charge in [0, 0.05) is 5.41 Å². The summed E-state index contributed by atoms with van der Waals surface area (Å²) in [5, 5.41) is 21.1. The van der Waals surface area contributed by atoms with Crippen LogP contribution in [-0.2, 0) is 19.1 Å². The maximum absolute atomic E-state index is 13.1. The largest absolute Gasteiger partial charge is 0.507 e. The van der Waals surface area contributed by atoms with Crippen molar-refractivity contribution in [2.75, 3.05) is 13.4 Å². The molecule has 1 aliphatic heterocycles. The number of rotatable bonds is 4. The average molecular weight is 431 g/mol. The number of hydrogen-bond acceptors (Lipinski definition) is 6. The van der Waals surface area contributed by atoms with Gasteiger partial charge in [-0.25, -0.2) is 0 Å². The highest BCUT2D eigenvalue weighted by Crippen LogP contribution is 2.71. The molecular weight excluding hydrogens is 396 g/mol. The third-order valence-corrected chi connectivity index (χ3v) is 10.1. The van der Waals surface area contributed by atoms with Crippen LogP contribution in [0.3, 0.4) is 0 Å². The Kier molecular flexibility index (Phi) is 4.64. The minimum Gasteiger partial charge on any atom is -0.507 e. The van der Waals surface area contributed by atoms with E-state index < -0.39 is 10.8 Å².